The average Bonchev–Trinajstić information content (AvgIpc) is 1.97. The molecule has 0 radical (unpaired) electrons. The second-order valence-electron chi connectivity index (χ2n) is 6.03. The zero-order valence-corrected chi connectivity index (χ0v) is 10.5. The Labute approximate surface area is 96.0 Å². The lowest BCUT2D eigenvalue weighted by Gasteiger charge is -2.48. The molecule has 1 saturated carbocycles. The van der Waals surface area contributed by atoms with Crippen molar-refractivity contribution in [2.75, 3.05) is 0 Å². The van der Waals surface area contributed by atoms with Crippen LogP contribution in [0.3, 0.4) is 0 Å². The zero-order valence-electron chi connectivity index (χ0n) is 10.5. The van der Waals surface area contributed by atoms with Crippen LogP contribution < -0.4 is 0 Å². The summed E-state index contributed by atoms with van der Waals surface area (Å²) in [5, 5.41) is 8.95. The van der Waals surface area contributed by atoms with Crippen LogP contribution in [-0.2, 0) is 14.3 Å². The molecule has 0 aliphatic heterocycles. The third-order valence-electron chi connectivity index (χ3n) is 3.26. The van der Waals surface area contributed by atoms with Crippen molar-refractivity contribution in [1.82, 2.24) is 0 Å². The van der Waals surface area contributed by atoms with E-state index >= 15 is 0 Å². The van der Waals surface area contributed by atoms with E-state index in [-0.39, 0.29) is 11.9 Å². The number of carbonyl (C=O) groups excluding carboxylic acids is 1. The van der Waals surface area contributed by atoms with Crippen molar-refractivity contribution < 1.29 is 19.4 Å². The molecule has 2 atom stereocenters. The maximum absolute atomic E-state index is 11.8. The minimum atomic E-state index is -0.829. The predicted molar refractivity (Wildman–Crippen MR) is 58.9 cm³/mol. The zero-order chi connectivity index (χ0) is 12.7. The number of carboxylic acids is 1. The highest BCUT2D eigenvalue weighted by atomic mass is 16.6. The van der Waals surface area contributed by atoms with Gasteiger partial charge in [0.25, 0.3) is 0 Å². The number of rotatable bonds is 2. The van der Waals surface area contributed by atoms with E-state index in [0.717, 1.165) is 0 Å². The number of hydrogen-bond donors (Lipinski definition) is 1. The van der Waals surface area contributed by atoms with Gasteiger partial charge in [-0.15, -0.1) is 0 Å². The Hall–Kier alpha value is -1.06. The topological polar surface area (TPSA) is 63.6 Å². The maximum atomic E-state index is 11.8. The van der Waals surface area contributed by atoms with Gasteiger partial charge in [0, 0.05) is 0 Å². The van der Waals surface area contributed by atoms with Crippen molar-refractivity contribution in [3.8, 4) is 0 Å². The van der Waals surface area contributed by atoms with Gasteiger partial charge in [0.05, 0.1) is 11.8 Å². The fourth-order valence-electron chi connectivity index (χ4n) is 2.12. The van der Waals surface area contributed by atoms with Gasteiger partial charge in [-0.05, 0) is 32.6 Å². The highest BCUT2D eigenvalue weighted by molar-refractivity contribution is 5.81. The standard InChI is InChI=1S/C12H20O4/c1-11(2,3)16-10(15)8-6-7(9(13)14)12(8,4)5/h7-8H,6H2,1-5H3,(H,13,14)/t7-,8+/m1/s1. The van der Waals surface area contributed by atoms with E-state index in [2.05, 4.69) is 0 Å². The highest BCUT2D eigenvalue weighted by Gasteiger charge is 2.56. The molecule has 0 bridgehead atoms. The van der Waals surface area contributed by atoms with Gasteiger partial charge < -0.3 is 9.84 Å². The summed E-state index contributed by atoms with van der Waals surface area (Å²) in [7, 11) is 0. The Morgan fingerprint density at radius 2 is 1.75 bits per heavy atom. The normalized spacial score (nSPS) is 28.1. The van der Waals surface area contributed by atoms with Crippen LogP contribution in [0.15, 0.2) is 0 Å². The van der Waals surface area contributed by atoms with E-state index in [1.807, 2.05) is 34.6 Å². The summed E-state index contributed by atoms with van der Waals surface area (Å²) in [6.07, 6.45) is 0.386. The summed E-state index contributed by atoms with van der Waals surface area (Å²) in [5.74, 6) is -1.85. The molecule has 0 aromatic carbocycles. The molecule has 4 nitrogen and oxygen atoms in total. The number of esters is 1. The molecule has 0 aromatic heterocycles. The van der Waals surface area contributed by atoms with Crippen molar-refractivity contribution in [3.63, 3.8) is 0 Å². The molecule has 1 N–H and O–H groups in total. The summed E-state index contributed by atoms with van der Waals surface area (Å²) in [6, 6.07) is 0. The Morgan fingerprint density at radius 1 is 1.25 bits per heavy atom. The molecule has 1 rings (SSSR count). The molecule has 1 fully saturated rings. The SMILES string of the molecule is CC(C)(C)OC(=O)[C@@H]1C[C@H](C(=O)O)C1(C)C. The van der Waals surface area contributed by atoms with Gasteiger partial charge in [-0.25, -0.2) is 0 Å². The molecule has 4 heteroatoms. The molecule has 0 aromatic rings. The van der Waals surface area contributed by atoms with Crippen molar-refractivity contribution in [2.45, 2.75) is 46.6 Å². The molecule has 16 heavy (non-hydrogen) atoms. The minimum absolute atomic E-state index is 0.282. The Bertz CT molecular complexity index is 311. The first-order valence-corrected chi connectivity index (χ1v) is 5.51. The summed E-state index contributed by atoms with van der Waals surface area (Å²) in [5.41, 5.74) is -1.02. The molecule has 0 unspecified atom stereocenters. The average molecular weight is 228 g/mol. The van der Waals surface area contributed by atoms with E-state index < -0.39 is 22.9 Å². The van der Waals surface area contributed by atoms with E-state index in [9.17, 15) is 9.59 Å². The Morgan fingerprint density at radius 3 is 2.06 bits per heavy atom. The first-order chi connectivity index (χ1) is 7.05. The van der Waals surface area contributed by atoms with Crippen LogP contribution in [0.5, 0.6) is 0 Å². The van der Waals surface area contributed by atoms with Gasteiger partial charge in [0.1, 0.15) is 5.60 Å². The van der Waals surface area contributed by atoms with Gasteiger partial charge >= 0.3 is 11.9 Å². The summed E-state index contributed by atoms with van der Waals surface area (Å²) >= 11 is 0. The molecule has 0 spiro atoms. The molecule has 92 valence electrons. The predicted octanol–water partition coefficient (Wildman–Crippen LogP) is 2.08. The second-order valence-corrected chi connectivity index (χ2v) is 6.03. The molecular weight excluding hydrogens is 208 g/mol. The summed E-state index contributed by atoms with van der Waals surface area (Å²) in [6.45, 7) is 9.05. The monoisotopic (exact) mass is 228 g/mol. The molecular formula is C12H20O4. The van der Waals surface area contributed by atoms with Gasteiger partial charge in [-0.2, -0.15) is 0 Å². The van der Waals surface area contributed by atoms with E-state index in [4.69, 9.17) is 9.84 Å². The van der Waals surface area contributed by atoms with Gasteiger partial charge in [0.2, 0.25) is 0 Å². The second kappa shape index (κ2) is 3.75. The van der Waals surface area contributed by atoms with Crippen molar-refractivity contribution in [3.05, 3.63) is 0 Å². The smallest absolute Gasteiger partial charge is 0.310 e. The third-order valence-corrected chi connectivity index (χ3v) is 3.26. The van der Waals surface area contributed by atoms with Gasteiger partial charge in [-0.3, -0.25) is 9.59 Å². The van der Waals surface area contributed by atoms with Crippen LogP contribution in [0.2, 0.25) is 0 Å². The van der Waals surface area contributed by atoms with Crippen LogP contribution in [0.4, 0.5) is 0 Å². The van der Waals surface area contributed by atoms with Crippen LogP contribution in [0, 0.1) is 17.3 Å². The van der Waals surface area contributed by atoms with Crippen molar-refractivity contribution in [1.29, 1.82) is 0 Å². The number of carbonyl (C=O) groups is 2. The van der Waals surface area contributed by atoms with Gasteiger partial charge in [-0.1, -0.05) is 13.8 Å². The van der Waals surface area contributed by atoms with Crippen molar-refractivity contribution in [2.24, 2.45) is 17.3 Å². The summed E-state index contributed by atoms with van der Waals surface area (Å²) < 4.78 is 5.27. The highest BCUT2D eigenvalue weighted by Crippen LogP contribution is 2.52. The molecule has 1 aliphatic carbocycles. The lowest BCUT2D eigenvalue weighted by Crippen LogP contribution is -2.53. The molecule has 1 aliphatic rings. The van der Waals surface area contributed by atoms with E-state index in [0.29, 0.717) is 6.42 Å². The fraction of sp³-hybridized carbons (Fsp3) is 0.833. The Kier molecular flexibility index (Phi) is 3.05. The minimum Gasteiger partial charge on any atom is -0.481 e. The molecule has 0 amide bonds. The number of hydrogen-bond acceptors (Lipinski definition) is 3. The fourth-order valence-corrected chi connectivity index (χ4v) is 2.12. The van der Waals surface area contributed by atoms with Crippen LogP contribution in [-0.4, -0.2) is 22.6 Å². The number of aliphatic carboxylic acids is 1. The molecule has 0 heterocycles. The number of ether oxygens (including phenoxy) is 1. The van der Waals surface area contributed by atoms with Crippen LogP contribution in [0.25, 0.3) is 0 Å². The quantitative estimate of drug-likeness (QED) is 0.735. The van der Waals surface area contributed by atoms with E-state index in [1.54, 1.807) is 0 Å². The van der Waals surface area contributed by atoms with E-state index in [1.165, 1.54) is 0 Å². The Balaban J connectivity index is 2.66. The largest absolute Gasteiger partial charge is 0.481 e. The lowest BCUT2D eigenvalue weighted by atomic mass is 9.55. The van der Waals surface area contributed by atoms with Crippen LogP contribution in [0.1, 0.15) is 41.0 Å². The maximum Gasteiger partial charge on any atom is 0.310 e. The van der Waals surface area contributed by atoms with Gasteiger partial charge in [0.15, 0.2) is 0 Å². The first kappa shape index (κ1) is 13.0. The third kappa shape index (κ3) is 2.36. The summed E-state index contributed by atoms with van der Waals surface area (Å²) in [4.78, 5) is 22.7. The number of carboxylic acid groups (broad SMARTS) is 1. The first-order valence-electron chi connectivity index (χ1n) is 5.51. The van der Waals surface area contributed by atoms with Crippen molar-refractivity contribution >= 4 is 11.9 Å². The molecule has 0 saturated heterocycles. The van der Waals surface area contributed by atoms with Crippen LogP contribution >= 0.6 is 0 Å². The lowest BCUT2D eigenvalue weighted by molar-refractivity contribution is -0.183.